The Morgan fingerprint density at radius 2 is 0.370 bits per heavy atom. The van der Waals surface area contributed by atoms with Crippen molar-refractivity contribution in [2.45, 2.75) is 49.4 Å². The molecule has 514 valence electrons. The fourth-order valence-electron chi connectivity index (χ4n) is 11.4. The Hall–Kier alpha value is -7.64. The highest BCUT2D eigenvalue weighted by Gasteiger charge is 2.43. The van der Waals surface area contributed by atoms with Crippen molar-refractivity contribution in [1.82, 2.24) is 39.9 Å². The Balaban J connectivity index is 1.29. The van der Waals surface area contributed by atoms with Crippen molar-refractivity contribution in [3.8, 4) is 90.1 Å². The molecule has 8 nitrogen and oxygen atoms in total. The van der Waals surface area contributed by atoms with E-state index in [0.717, 1.165) is 24.3 Å². The lowest BCUT2D eigenvalue weighted by Gasteiger charge is -2.17. The molecule has 0 amide bonds. The molecule has 0 atom stereocenters. The van der Waals surface area contributed by atoms with Gasteiger partial charge in [-0.3, -0.25) is 0 Å². The summed E-state index contributed by atoms with van der Waals surface area (Å²) in [5.74, 6) is -2.27. The molecule has 0 spiro atoms. The highest BCUT2D eigenvalue weighted by atomic mass is 127. The summed E-state index contributed by atoms with van der Waals surface area (Å²) in [6.45, 7) is 0. The lowest BCUT2D eigenvalue weighted by Crippen LogP contribution is -2.11. The van der Waals surface area contributed by atoms with E-state index in [9.17, 15) is 105 Å². The number of halogens is 28. The molecule has 2 N–H and O–H groups in total. The molecule has 0 saturated carbocycles. The van der Waals surface area contributed by atoms with Crippen molar-refractivity contribution in [2.24, 2.45) is 0 Å². The first-order chi connectivity index (χ1) is 46.2. The van der Waals surface area contributed by atoms with E-state index in [1.165, 1.54) is 24.3 Å². The first kappa shape index (κ1) is 70.8. The molecule has 8 bridgehead atoms. The zero-order chi connectivity index (χ0) is 72.6. The van der Waals surface area contributed by atoms with Gasteiger partial charge in [-0.15, -0.1) is 0 Å². The van der Waals surface area contributed by atoms with Crippen LogP contribution in [0.2, 0.25) is 0 Å². The van der Waals surface area contributed by atoms with Gasteiger partial charge in [0.15, 0.2) is 23.3 Å². The van der Waals surface area contributed by atoms with Gasteiger partial charge in [0.05, 0.1) is 44.5 Å². The summed E-state index contributed by atoms with van der Waals surface area (Å²) in [5, 5.41) is -2.62. The molecule has 8 aromatic carbocycles. The summed E-state index contributed by atoms with van der Waals surface area (Å²) in [7, 11) is 0. The van der Waals surface area contributed by atoms with Crippen molar-refractivity contribution >= 4 is 134 Å². The summed E-state index contributed by atoms with van der Waals surface area (Å²) in [6, 6.07) is 9.87. The first-order valence-corrected chi connectivity index (χ1v) is 31.8. The summed E-state index contributed by atoms with van der Waals surface area (Å²) < 4.78 is 357. The van der Waals surface area contributed by atoms with Crippen LogP contribution < -0.4 is 0 Å². The third kappa shape index (κ3) is 13.1. The maximum absolute atomic E-state index is 14.8. The Morgan fingerprint density at radius 3 is 0.520 bits per heavy atom. The Morgan fingerprint density at radius 1 is 0.210 bits per heavy atom. The number of H-pyrrole nitrogens is 2. The van der Waals surface area contributed by atoms with Crippen molar-refractivity contribution < 1.29 is 105 Å². The van der Waals surface area contributed by atoms with Gasteiger partial charge in [-0.1, -0.05) is 24.3 Å². The summed E-state index contributed by atoms with van der Waals surface area (Å²) >= 11 is 7.29. The van der Waals surface area contributed by atoms with Crippen LogP contribution in [0.25, 0.3) is 134 Å². The van der Waals surface area contributed by atoms with E-state index < -0.39 is 206 Å². The molecule has 3 aromatic heterocycles. The monoisotopic (exact) mass is 1870 g/mol. The normalized spacial score (nSPS) is 13.4. The van der Waals surface area contributed by atoms with Crippen LogP contribution in [0, 0.1) is 14.3 Å². The summed E-state index contributed by atoms with van der Waals surface area (Å²) in [6.07, 6.45) is -44.3. The lowest BCUT2D eigenvalue weighted by atomic mass is 9.91. The fraction of sp³-hybridized carbons (Fsp3) is 0.125. The second-order valence-electron chi connectivity index (χ2n) is 22.2. The van der Waals surface area contributed by atoms with E-state index in [2.05, 4.69) is 19.9 Å². The molecule has 0 unspecified atom stereocenters. The molecule has 36 heteroatoms. The number of rotatable bonds is 4. The van der Waals surface area contributed by atoms with Crippen LogP contribution in [0.5, 0.6) is 0 Å². The average Bonchev–Trinajstić information content (AvgIpc) is 1.55. The molecule has 0 aliphatic carbocycles. The Kier molecular flexibility index (Phi) is 17.0. The van der Waals surface area contributed by atoms with Gasteiger partial charge in [-0.25, -0.2) is 29.9 Å². The van der Waals surface area contributed by atoms with E-state index >= 15 is 0 Å². The highest BCUT2D eigenvalue weighted by Crippen LogP contribution is 2.51. The van der Waals surface area contributed by atoms with Crippen LogP contribution in [-0.4, -0.2) is 39.9 Å². The summed E-state index contributed by atoms with van der Waals surface area (Å²) in [5.41, 5.74) is -24.9. The van der Waals surface area contributed by atoms with Crippen LogP contribution in [-0.2, 0) is 49.4 Å². The SMILES string of the molecule is FC(F)(F)c1cc(-c2ccc(-c3cc(C(F)(F)F)cc(C(F)(F)F)c3)c3c4nc5nc(nc6[nH]c(nc7nc(nc([nH]4)c23)-c2cc(I)c(I)cc2-7)c2c(-c3cc(C(F)(F)F)cc(C(F)(F)F)c3)ccc(-c3cc(C(F)(F)F)cc(C(F)(F)F)c3)c62)-c2cc(I)c(I)cc2-5)cc(C(F)(F)F)c1. The van der Waals surface area contributed by atoms with Crippen LogP contribution in [0.3, 0.4) is 0 Å². The van der Waals surface area contributed by atoms with Crippen LogP contribution in [0.1, 0.15) is 44.5 Å². The number of nitrogens with zero attached hydrogens (tertiary/aromatic N) is 6. The second kappa shape index (κ2) is 24.0. The molecular weight excluding hydrogens is 1840 g/mol. The maximum Gasteiger partial charge on any atom is 0.416 e. The molecule has 2 aliphatic rings. The lowest BCUT2D eigenvalue weighted by molar-refractivity contribution is -0.144. The molecule has 13 rings (SSSR count). The smallest absolute Gasteiger partial charge is 0.324 e. The molecule has 2 aliphatic heterocycles. The van der Waals surface area contributed by atoms with Crippen molar-refractivity contribution in [3.05, 3.63) is 180 Å². The molecule has 0 radical (unpaired) electrons. The topological polar surface area (TPSA) is 109 Å². The minimum atomic E-state index is -5.53. The number of hydrogen-bond acceptors (Lipinski definition) is 6. The molecule has 5 heterocycles. The zero-order valence-electron chi connectivity index (χ0n) is 47.8. The van der Waals surface area contributed by atoms with E-state index in [4.69, 9.17) is 19.9 Å². The van der Waals surface area contributed by atoms with Crippen LogP contribution >= 0.6 is 90.4 Å². The maximum atomic E-state index is 14.8. The number of alkyl halides is 24. The second-order valence-corrected chi connectivity index (χ2v) is 26.9. The molecule has 0 saturated heterocycles. The van der Waals surface area contributed by atoms with Crippen molar-refractivity contribution in [2.75, 3.05) is 0 Å². The largest absolute Gasteiger partial charge is 0.416 e. The van der Waals surface area contributed by atoms with Crippen LogP contribution in [0.4, 0.5) is 105 Å². The third-order valence-electron chi connectivity index (χ3n) is 15.8. The number of aromatic amines is 2. The zero-order valence-corrected chi connectivity index (χ0v) is 56.4. The van der Waals surface area contributed by atoms with Crippen LogP contribution in [0.15, 0.2) is 121 Å². The van der Waals surface area contributed by atoms with E-state index in [1.807, 2.05) is 90.4 Å². The van der Waals surface area contributed by atoms with Gasteiger partial charge in [0.1, 0.15) is 22.6 Å². The number of hydrogen-bond donors (Lipinski definition) is 2. The quantitative estimate of drug-likeness (QED) is 0.134. The minimum absolute atomic E-state index is 0.118. The van der Waals surface area contributed by atoms with Crippen molar-refractivity contribution in [1.29, 1.82) is 0 Å². The molecular formula is C64H22F24I4N8. The fourth-order valence-corrected chi connectivity index (χ4v) is 13.3. The van der Waals surface area contributed by atoms with Gasteiger partial charge in [-0.2, -0.15) is 105 Å². The standard InChI is InChI=1S/C64H22F24I4N8/c65-57(66,67)25-5-21(6-26(13-25)58(68,69)70)33-1-2-34(22-7-27(59(71,72)73)14-28(8-22)60(74,75)76)46-45(33)53-95-49-37-17-41(89)42(90)18-38(37)51(93-49)97-55-47-35(23-9-29(61(77,78)79)15-30(10-23)62(80,81)82)3-4-36(24-11-31(63(83,84)85)16-32(12-24)64(86,87)88)48(47)56(100-55)98-52-40-20-44(92)43(91)19-39(40)50(94-52)96-54(46)99-53/h1-20H,(H2,93,94,95,96,97,98,99,100). The van der Waals surface area contributed by atoms with E-state index in [0.29, 0.717) is 14.3 Å². The van der Waals surface area contributed by atoms with Crippen molar-refractivity contribution in [3.63, 3.8) is 0 Å². The first-order valence-electron chi connectivity index (χ1n) is 27.5. The number of fused-ring (bicyclic) bond motifs is 20. The van der Waals surface area contributed by atoms with Gasteiger partial charge in [0.25, 0.3) is 0 Å². The number of nitrogens with one attached hydrogen (secondary N) is 2. The van der Waals surface area contributed by atoms with Gasteiger partial charge in [0, 0.05) is 58.1 Å². The predicted octanol–water partition coefficient (Wildman–Crippen LogP) is 24.1. The Bertz CT molecular complexity index is 4720. The third-order valence-corrected chi connectivity index (χ3v) is 21.4. The van der Waals surface area contributed by atoms with Gasteiger partial charge in [-0.05, 0) is 232 Å². The predicted molar refractivity (Wildman–Crippen MR) is 349 cm³/mol. The molecule has 11 aromatic rings. The Labute approximate surface area is 594 Å². The average molecular weight is 1870 g/mol. The summed E-state index contributed by atoms with van der Waals surface area (Å²) in [4.78, 5) is 33.7. The van der Waals surface area contributed by atoms with E-state index in [1.54, 1.807) is 0 Å². The highest BCUT2D eigenvalue weighted by molar-refractivity contribution is 14.1. The number of benzene rings is 8. The number of aromatic nitrogens is 8. The molecule has 0 fully saturated rings. The van der Waals surface area contributed by atoms with Gasteiger partial charge in [0.2, 0.25) is 0 Å². The van der Waals surface area contributed by atoms with E-state index in [-0.39, 0.29) is 95.1 Å². The van der Waals surface area contributed by atoms with Gasteiger partial charge >= 0.3 is 49.4 Å². The van der Waals surface area contributed by atoms with Gasteiger partial charge < -0.3 is 9.97 Å². The molecule has 100 heavy (non-hydrogen) atoms. The minimum Gasteiger partial charge on any atom is -0.324 e.